The van der Waals surface area contributed by atoms with Gasteiger partial charge in [-0.2, -0.15) is 0 Å². The van der Waals surface area contributed by atoms with E-state index in [9.17, 15) is 0 Å². The maximum absolute atomic E-state index is 8.53. The molecule has 3 N–H and O–H groups in total. The van der Waals surface area contributed by atoms with Crippen LogP contribution in [-0.2, 0) is 6.42 Å². The zero-order valence-corrected chi connectivity index (χ0v) is 18.8. The summed E-state index contributed by atoms with van der Waals surface area (Å²) in [5, 5.41) is 8.53. The average molecular weight is 447 g/mol. The Balaban J connectivity index is 0.000000204. The van der Waals surface area contributed by atoms with E-state index < -0.39 is 0 Å². The van der Waals surface area contributed by atoms with Crippen LogP contribution in [-0.4, -0.2) is 31.6 Å². The van der Waals surface area contributed by atoms with Gasteiger partial charge in [-0.05, 0) is 91.2 Å². The molecule has 4 aromatic rings. The lowest BCUT2D eigenvalue weighted by Crippen LogP contribution is -1.87. The number of aromatic nitrogens is 4. The van der Waals surface area contributed by atoms with Crippen molar-refractivity contribution >= 4 is 46.4 Å². The van der Waals surface area contributed by atoms with E-state index in [1.807, 2.05) is 66.8 Å². The Labute approximate surface area is 198 Å². The second kappa shape index (κ2) is 10.1. The minimum Gasteiger partial charge on any atom is -0.396 e. The summed E-state index contributed by atoms with van der Waals surface area (Å²) in [6, 6.07) is 26.6. The van der Waals surface area contributed by atoms with Crippen molar-refractivity contribution in [1.82, 2.24) is 19.9 Å². The molecule has 5 heteroatoms. The molecule has 0 spiro atoms. The summed E-state index contributed by atoms with van der Waals surface area (Å²) in [6.07, 6.45) is 9.94. The van der Waals surface area contributed by atoms with Crippen molar-refractivity contribution in [2.75, 3.05) is 6.61 Å². The van der Waals surface area contributed by atoms with E-state index >= 15 is 0 Å². The fourth-order valence-electron chi connectivity index (χ4n) is 3.87. The van der Waals surface area contributed by atoms with Crippen LogP contribution in [0.15, 0.2) is 78.9 Å². The number of benzene rings is 1. The monoisotopic (exact) mass is 446 g/mol. The van der Waals surface area contributed by atoms with Crippen LogP contribution in [0.3, 0.4) is 0 Å². The first-order valence-corrected chi connectivity index (χ1v) is 11.4. The molecule has 0 fully saturated rings. The van der Waals surface area contributed by atoms with E-state index in [-0.39, 0.29) is 6.61 Å². The predicted octanol–water partition coefficient (Wildman–Crippen LogP) is 6.27. The lowest BCUT2D eigenvalue weighted by Gasteiger charge is -1.96. The van der Waals surface area contributed by atoms with Crippen molar-refractivity contribution in [1.29, 1.82) is 0 Å². The standard InChI is InChI=1S/C20H14N4.C9H12O/c1-2-14-10-16-5-6-18(23-16)12-20-8-7-19(24-20)11-17-4-3-15(22-17)9-13(1)21-14;10-8-4-7-9-5-2-1-3-6-9/h1-12,21,24H;1-3,5-6,10H,4,7-8H2. The molecule has 1 aromatic carbocycles. The zero-order chi connectivity index (χ0) is 23.2. The molecule has 0 unspecified atom stereocenters. The average Bonchev–Trinajstić information content (AvgIpc) is 3.65. The summed E-state index contributed by atoms with van der Waals surface area (Å²) in [5.41, 5.74) is 9.16. The molecule has 0 radical (unpaired) electrons. The van der Waals surface area contributed by atoms with Gasteiger partial charge in [-0.1, -0.05) is 30.3 Å². The van der Waals surface area contributed by atoms with Gasteiger partial charge in [0.25, 0.3) is 0 Å². The van der Waals surface area contributed by atoms with E-state index in [4.69, 9.17) is 5.11 Å². The molecule has 0 saturated carbocycles. The first-order valence-electron chi connectivity index (χ1n) is 11.4. The van der Waals surface area contributed by atoms with Crippen LogP contribution in [0.4, 0.5) is 0 Å². The summed E-state index contributed by atoms with van der Waals surface area (Å²) < 4.78 is 0. The fraction of sp³-hybridized carbons (Fsp3) is 0.103. The van der Waals surface area contributed by atoms with Gasteiger partial charge in [0, 0.05) is 28.7 Å². The Hall–Kier alpha value is -4.22. The van der Waals surface area contributed by atoms with Crippen LogP contribution < -0.4 is 0 Å². The van der Waals surface area contributed by atoms with Crippen LogP contribution in [0, 0.1) is 0 Å². The highest BCUT2D eigenvalue weighted by Crippen LogP contribution is 2.17. The molecule has 5 heterocycles. The molecule has 2 aliphatic rings. The van der Waals surface area contributed by atoms with Crippen molar-refractivity contribution in [2.45, 2.75) is 12.8 Å². The van der Waals surface area contributed by atoms with Gasteiger partial charge in [-0.15, -0.1) is 0 Å². The first-order chi connectivity index (χ1) is 16.7. The highest BCUT2D eigenvalue weighted by Gasteiger charge is 2.01. The number of H-pyrrole nitrogens is 2. The zero-order valence-electron chi connectivity index (χ0n) is 18.8. The molecular weight excluding hydrogens is 420 g/mol. The molecule has 5 nitrogen and oxygen atoms in total. The molecule has 0 aliphatic carbocycles. The van der Waals surface area contributed by atoms with Crippen LogP contribution >= 0.6 is 0 Å². The molecule has 168 valence electrons. The predicted molar refractivity (Wildman–Crippen MR) is 141 cm³/mol. The van der Waals surface area contributed by atoms with E-state index in [0.29, 0.717) is 0 Å². The Bertz CT molecular complexity index is 1320. The second-order valence-corrected chi connectivity index (χ2v) is 8.22. The molecule has 0 saturated heterocycles. The van der Waals surface area contributed by atoms with Crippen molar-refractivity contribution in [3.63, 3.8) is 0 Å². The quantitative estimate of drug-likeness (QED) is 0.300. The highest BCUT2D eigenvalue weighted by atomic mass is 16.2. The number of nitrogens with zero attached hydrogens (tertiary/aromatic N) is 2. The first kappa shape index (κ1) is 21.6. The van der Waals surface area contributed by atoms with Crippen LogP contribution in [0.2, 0.25) is 0 Å². The number of aromatic amines is 2. The molecule has 8 bridgehead atoms. The van der Waals surface area contributed by atoms with Gasteiger partial charge in [0.2, 0.25) is 0 Å². The summed E-state index contributed by atoms with van der Waals surface area (Å²) in [7, 11) is 0. The van der Waals surface area contributed by atoms with Crippen LogP contribution in [0.1, 0.15) is 34.8 Å². The van der Waals surface area contributed by atoms with Gasteiger partial charge in [0.1, 0.15) is 0 Å². The smallest absolute Gasteiger partial charge is 0.0658 e. The molecule has 0 amide bonds. The fourth-order valence-corrected chi connectivity index (χ4v) is 3.87. The third-order valence-electron chi connectivity index (χ3n) is 5.51. The number of fused-ring (bicyclic) bond motifs is 8. The third kappa shape index (κ3) is 5.57. The van der Waals surface area contributed by atoms with Crippen molar-refractivity contribution in [3.8, 4) is 0 Å². The number of nitrogens with one attached hydrogen (secondary N) is 2. The van der Waals surface area contributed by atoms with E-state index in [1.165, 1.54) is 5.56 Å². The Morgan fingerprint density at radius 2 is 0.971 bits per heavy atom. The summed E-state index contributed by atoms with van der Waals surface area (Å²) in [6.45, 7) is 0.287. The normalized spacial score (nSPS) is 11.8. The highest BCUT2D eigenvalue weighted by molar-refractivity contribution is 5.77. The van der Waals surface area contributed by atoms with Gasteiger partial charge >= 0.3 is 0 Å². The molecule has 2 aliphatic heterocycles. The minimum atomic E-state index is 0.287. The molecule has 0 atom stereocenters. The number of hydrogen-bond acceptors (Lipinski definition) is 3. The lowest BCUT2D eigenvalue weighted by molar-refractivity contribution is 0.288. The van der Waals surface area contributed by atoms with Crippen molar-refractivity contribution in [3.05, 3.63) is 107 Å². The maximum Gasteiger partial charge on any atom is 0.0658 e. The van der Waals surface area contributed by atoms with Gasteiger partial charge in [0.15, 0.2) is 0 Å². The maximum atomic E-state index is 8.53. The number of hydrogen-bond donors (Lipinski definition) is 3. The van der Waals surface area contributed by atoms with Crippen LogP contribution in [0.5, 0.6) is 0 Å². The van der Waals surface area contributed by atoms with Crippen LogP contribution in [0.25, 0.3) is 46.4 Å². The van der Waals surface area contributed by atoms with E-state index in [1.54, 1.807) is 0 Å². The number of aliphatic hydroxyl groups excluding tert-OH is 1. The molecular formula is C29H26N4O. The second-order valence-electron chi connectivity index (χ2n) is 8.22. The number of aliphatic hydroxyl groups is 1. The number of rotatable bonds is 3. The summed E-state index contributed by atoms with van der Waals surface area (Å²) in [4.78, 5) is 16.0. The Kier molecular flexibility index (Phi) is 6.45. The molecule has 34 heavy (non-hydrogen) atoms. The van der Waals surface area contributed by atoms with Gasteiger partial charge in [-0.3, -0.25) is 0 Å². The lowest BCUT2D eigenvalue weighted by atomic mass is 10.1. The Morgan fingerprint density at radius 1 is 0.559 bits per heavy atom. The third-order valence-corrected chi connectivity index (χ3v) is 5.51. The van der Waals surface area contributed by atoms with Crippen molar-refractivity contribution in [2.24, 2.45) is 0 Å². The van der Waals surface area contributed by atoms with E-state index in [2.05, 4.69) is 56.3 Å². The minimum absolute atomic E-state index is 0.287. The molecule has 3 aromatic heterocycles. The van der Waals surface area contributed by atoms with Gasteiger partial charge < -0.3 is 15.1 Å². The largest absolute Gasteiger partial charge is 0.396 e. The SMILES string of the molecule is C1=Cc2cc3ccc(cc4nc(cc5ccc(cc1n2)[nH]5)C=C4)[nH]3.OCCCc1ccccc1. The Morgan fingerprint density at radius 3 is 1.35 bits per heavy atom. The van der Waals surface area contributed by atoms with Crippen molar-refractivity contribution < 1.29 is 5.11 Å². The van der Waals surface area contributed by atoms with Gasteiger partial charge in [0.05, 0.1) is 22.8 Å². The van der Waals surface area contributed by atoms with Gasteiger partial charge in [-0.25, -0.2) is 9.97 Å². The topological polar surface area (TPSA) is 77.6 Å². The molecule has 6 rings (SSSR count). The summed E-state index contributed by atoms with van der Waals surface area (Å²) >= 11 is 0. The van der Waals surface area contributed by atoms with E-state index in [0.717, 1.165) is 57.7 Å². The summed E-state index contributed by atoms with van der Waals surface area (Å²) in [5.74, 6) is 0. The number of aryl methyl sites for hydroxylation is 1.